The molecule has 4 aromatic heterocycles. The summed E-state index contributed by atoms with van der Waals surface area (Å²) in [6, 6.07) is 20.7. The lowest BCUT2D eigenvalue weighted by Gasteiger charge is -2.48. The van der Waals surface area contributed by atoms with Crippen LogP contribution in [0.25, 0.3) is 50.2 Å². The predicted molar refractivity (Wildman–Crippen MR) is 169 cm³/mol. The van der Waals surface area contributed by atoms with E-state index in [2.05, 4.69) is 71.2 Å². The van der Waals surface area contributed by atoms with E-state index in [9.17, 15) is 9.90 Å². The van der Waals surface area contributed by atoms with Gasteiger partial charge in [-0.05, 0) is 53.8 Å². The van der Waals surface area contributed by atoms with Gasteiger partial charge < -0.3 is 10.0 Å². The highest BCUT2D eigenvalue weighted by Crippen LogP contribution is 2.51. The Morgan fingerprint density at radius 2 is 1.84 bits per heavy atom. The van der Waals surface area contributed by atoms with Crippen LogP contribution in [0.3, 0.4) is 0 Å². The number of carboxylic acid groups (broad SMARTS) is 1. The topological polar surface area (TPSA) is 116 Å². The number of anilines is 1. The molecule has 0 saturated carbocycles. The van der Waals surface area contributed by atoms with E-state index in [0.29, 0.717) is 13.1 Å². The SMILES string of the molecule is CC(C)(C)[C@]12C[C@@H](CN1C(=O)O)N(c1cccc(-c3ccnc4c(-c5cccc6[nH]ncc56)c(-c5ccncc5)nn34)c1)C2. The molecule has 2 aliphatic rings. The highest BCUT2D eigenvalue weighted by molar-refractivity contribution is 6.02. The van der Waals surface area contributed by atoms with Gasteiger partial charge in [-0.15, -0.1) is 0 Å². The first kappa shape index (κ1) is 26.4. The van der Waals surface area contributed by atoms with E-state index in [1.54, 1.807) is 17.3 Å². The van der Waals surface area contributed by atoms with Crippen LogP contribution in [0.15, 0.2) is 85.5 Å². The third-order valence-corrected chi connectivity index (χ3v) is 9.68. The van der Waals surface area contributed by atoms with Crippen LogP contribution in [-0.4, -0.2) is 70.5 Å². The standard InChI is InChI=1S/C34H32N8O2/c1-33(2,3)34-17-24(19-41(34)32(43)44)40(20-34)23-7-4-6-22(16-23)28-12-15-36-31-29(25-8-5-9-27-26(25)18-37-38-27)30(39-42(28)31)21-10-13-35-14-11-21/h4-16,18,24H,17,19-20H2,1-3H3,(H,37,38)(H,43,44)/t24-,34+/m0/s1. The lowest BCUT2D eigenvalue weighted by Crippen LogP contribution is -2.61. The molecule has 0 aliphatic carbocycles. The Morgan fingerprint density at radius 1 is 1.02 bits per heavy atom. The maximum absolute atomic E-state index is 12.2. The summed E-state index contributed by atoms with van der Waals surface area (Å²) >= 11 is 0. The molecule has 2 saturated heterocycles. The minimum absolute atomic E-state index is 0.128. The minimum Gasteiger partial charge on any atom is -0.465 e. The van der Waals surface area contributed by atoms with Gasteiger partial charge in [0.2, 0.25) is 0 Å². The number of rotatable bonds is 4. The molecule has 2 aromatic carbocycles. The Kier molecular flexibility index (Phi) is 5.62. The average molecular weight is 585 g/mol. The summed E-state index contributed by atoms with van der Waals surface area (Å²) in [5.74, 6) is 0. The van der Waals surface area contributed by atoms with Gasteiger partial charge in [0.25, 0.3) is 0 Å². The summed E-state index contributed by atoms with van der Waals surface area (Å²) < 4.78 is 1.93. The van der Waals surface area contributed by atoms with Crippen molar-refractivity contribution in [3.63, 3.8) is 0 Å². The number of H-pyrrole nitrogens is 1. The fourth-order valence-electron chi connectivity index (χ4n) is 7.38. The number of hydrogen-bond acceptors (Lipinski definition) is 6. The van der Waals surface area contributed by atoms with E-state index in [-0.39, 0.29) is 11.5 Å². The first-order chi connectivity index (χ1) is 21.2. The van der Waals surface area contributed by atoms with Crippen LogP contribution in [-0.2, 0) is 0 Å². The Bertz CT molecular complexity index is 2060. The highest BCUT2D eigenvalue weighted by Gasteiger charge is 2.61. The molecule has 2 N–H and O–H groups in total. The molecule has 0 unspecified atom stereocenters. The zero-order chi connectivity index (χ0) is 30.2. The number of nitrogens with zero attached hydrogens (tertiary/aromatic N) is 7. The van der Waals surface area contributed by atoms with Crippen molar-refractivity contribution < 1.29 is 9.90 Å². The first-order valence-electron chi connectivity index (χ1n) is 14.8. The second-order valence-electron chi connectivity index (χ2n) is 12.9. The largest absolute Gasteiger partial charge is 0.465 e. The second-order valence-corrected chi connectivity index (χ2v) is 12.9. The Morgan fingerprint density at radius 3 is 2.64 bits per heavy atom. The number of carbonyl (C=O) groups is 1. The summed E-state index contributed by atoms with van der Waals surface area (Å²) in [5.41, 5.74) is 7.76. The van der Waals surface area contributed by atoms with Crippen molar-refractivity contribution in [1.82, 2.24) is 34.7 Å². The molecular formula is C34H32N8O2. The molecule has 220 valence electrons. The summed E-state index contributed by atoms with van der Waals surface area (Å²) in [5, 5.41) is 23.6. The smallest absolute Gasteiger partial charge is 0.407 e. The van der Waals surface area contributed by atoms with Gasteiger partial charge in [-0.3, -0.25) is 15.0 Å². The normalized spacial score (nSPS) is 19.8. The highest BCUT2D eigenvalue weighted by atomic mass is 16.4. The van der Waals surface area contributed by atoms with Gasteiger partial charge in [0.15, 0.2) is 5.65 Å². The van der Waals surface area contributed by atoms with Crippen LogP contribution in [0, 0.1) is 5.41 Å². The maximum atomic E-state index is 12.2. The van der Waals surface area contributed by atoms with Crippen molar-refractivity contribution >= 4 is 28.3 Å². The molecule has 6 aromatic rings. The van der Waals surface area contributed by atoms with Crippen LogP contribution in [0.4, 0.5) is 10.5 Å². The van der Waals surface area contributed by atoms with Gasteiger partial charge in [0, 0.05) is 59.9 Å². The first-order valence-corrected chi connectivity index (χ1v) is 14.8. The van der Waals surface area contributed by atoms with Gasteiger partial charge in [0.1, 0.15) is 5.69 Å². The molecular weight excluding hydrogens is 552 g/mol. The number of nitrogens with one attached hydrogen (secondary N) is 1. The fraction of sp³-hybridized carbons (Fsp3) is 0.265. The third-order valence-electron chi connectivity index (χ3n) is 9.68. The molecule has 2 bridgehead atoms. The van der Waals surface area contributed by atoms with E-state index in [1.807, 2.05) is 47.2 Å². The number of aromatic nitrogens is 6. The molecule has 8 rings (SSSR count). The van der Waals surface area contributed by atoms with Crippen molar-refractivity contribution in [1.29, 1.82) is 0 Å². The van der Waals surface area contributed by atoms with E-state index in [4.69, 9.17) is 10.1 Å². The Hall–Kier alpha value is -5.25. The monoisotopic (exact) mass is 584 g/mol. The molecule has 2 aliphatic heterocycles. The number of amides is 1. The summed E-state index contributed by atoms with van der Waals surface area (Å²) in [4.78, 5) is 25.4. The van der Waals surface area contributed by atoms with Gasteiger partial charge in [-0.1, -0.05) is 45.0 Å². The van der Waals surface area contributed by atoms with Crippen LogP contribution < -0.4 is 4.90 Å². The molecule has 44 heavy (non-hydrogen) atoms. The van der Waals surface area contributed by atoms with Crippen LogP contribution >= 0.6 is 0 Å². The lowest BCUT2D eigenvalue weighted by molar-refractivity contribution is 0.0363. The summed E-state index contributed by atoms with van der Waals surface area (Å²) in [6.45, 7) is 7.62. The fourth-order valence-corrected chi connectivity index (χ4v) is 7.38. The molecule has 0 radical (unpaired) electrons. The zero-order valence-corrected chi connectivity index (χ0v) is 24.8. The van der Waals surface area contributed by atoms with Gasteiger partial charge >= 0.3 is 6.09 Å². The van der Waals surface area contributed by atoms with Crippen molar-refractivity contribution in [2.75, 3.05) is 18.0 Å². The number of piperazine rings is 1. The van der Waals surface area contributed by atoms with Crippen LogP contribution in [0.1, 0.15) is 27.2 Å². The van der Waals surface area contributed by atoms with E-state index in [1.165, 1.54) is 0 Å². The predicted octanol–water partition coefficient (Wildman–Crippen LogP) is 6.36. The van der Waals surface area contributed by atoms with Crippen molar-refractivity contribution in [2.45, 2.75) is 38.8 Å². The minimum atomic E-state index is -0.833. The van der Waals surface area contributed by atoms with Crippen molar-refractivity contribution in [2.24, 2.45) is 5.41 Å². The Balaban J connectivity index is 1.27. The maximum Gasteiger partial charge on any atom is 0.407 e. The molecule has 10 nitrogen and oxygen atoms in total. The number of hydrogen-bond donors (Lipinski definition) is 2. The third kappa shape index (κ3) is 3.76. The van der Waals surface area contributed by atoms with Crippen molar-refractivity contribution in [3.8, 4) is 33.6 Å². The molecule has 10 heteroatoms. The van der Waals surface area contributed by atoms with Crippen LogP contribution in [0.2, 0.25) is 0 Å². The number of aromatic amines is 1. The molecule has 0 spiro atoms. The molecule has 6 heterocycles. The average Bonchev–Trinajstić information content (AvgIpc) is 3.82. The van der Waals surface area contributed by atoms with Gasteiger partial charge in [-0.2, -0.15) is 10.2 Å². The van der Waals surface area contributed by atoms with Gasteiger partial charge in [0.05, 0.1) is 28.5 Å². The lowest BCUT2D eigenvalue weighted by atomic mass is 9.73. The number of likely N-dealkylation sites (tertiary alicyclic amines) is 1. The number of fused-ring (bicyclic) bond motifs is 4. The summed E-state index contributed by atoms with van der Waals surface area (Å²) in [6.07, 6.45) is 7.23. The molecule has 1 amide bonds. The van der Waals surface area contributed by atoms with Gasteiger partial charge in [-0.25, -0.2) is 14.3 Å². The molecule has 2 fully saturated rings. The Labute approximate surface area is 254 Å². The second kappa shape index (κ2) is 9.37. The van der Waals surface area contributed by atoms with Crippen molar-refractivity contribution in [3.05, 3.63) is 85.5 Å². The van der Waals surface area contributed by atoms with Crippen LogP contribution in [0.5, 0.6) is 0 Å². The van der Waals surface area contributed by atoms with E-state index < -0.39 is 11.6 Å². The number of benzene rings is 2. The van der Waals surface area contributed by atoms with E-state index >= 15 is 0 Å². The quantitative estimate of drug-likeness (QED) is 0.248. The zero-order valence-electron chi connectivity index (χ0n) is 24.8. The summed E-state index contributed by atoms with van der Waals surface area (Å²) in [7, 11) is 0. The number of pyridine rings is 1. The van der Waals surface area contributed by atoms with E-state index in [0.717, 1.165) is 62.3 Å². The molecule has 2 atom stereocenters.